The minimum atomic E-state index is -1.48. The molecule has 0 radical (unpaired) electrons. The van der Waals surface area contributed by atoms with Crippen molar-refractivity contribution >= 4 is 56.9 Å². The molecule has 0 saturated carbocycles. The molecule has 0 spiro atoms. The molecule has 0 atom stereocenters. The highest BCUT2D eigenvalue weighted by molar-refractivity contribution is 9.57. The lowest BCUT2D eigenvalue weighted by molar-refractivity contribution is 0.944. The molecular formula is C9H21Br3Si2. The average Bonchev–Trinajstić information content (AvgIpc) is 2.01. The van der Waals surface area contributed by atoms with Gasteiger partial charge in [-0.25, -0.2) is 0 Å². The van der Waals surface area contributed by atoms with E-state index >= 15 is 0 Å². The predicted octanol–water partition coefficient (Wildman–Crippen LogP) is 5.87. The van der Waals surface area contributed by atoms with Gasteiger partial charge in [0.15, 0.2) is 6.21 Å². The van der Waals surface area contributed by atoms with Crippen LogP contribution >= 0.6 is 45.9 Å². The highest BCUT2D eigenvalue weighted by Gasteiger charge is 2.57. The van der Waals surface area contributed by atoms with E-state index in [2.05, 4.69) is 87.4 Å². The van der Waals surface area contributed by atoms with Crippen LogP contribution in [0.4, 0.5) is 0 Å². The molecule has 0 aromatic heterocycles. The summed E-state index contributed by atoms with van der Waals surface area (Å²) < 4.78 is 0. The third-order valence-corrected chi connectivity index (χ3v) is 55.0. The lowest BCUT2D eigenvalue weighted by Crippen LogP contribution is -2.56. The maximum absolute atomic E-state index is 4.14. The van der Waals surface area contributed by atoms with Crippen molar-refractivity contribution in [2.24, 2.45) is 0 Å². The van der Waals surface area contributed by atoms with Gasteiger partial charge in [0.05, 0.1) is 0 Å². The minimum Gasteiger partial charge on any atom is -0.127 e. The Morgan fingerprint density at radius 3 is 1.00 bits per heavy atom. The summed E-state index contributed by atoms with van der Waals surface area (Å²) >= 11 is 12.2. The highest BCUT2D eigenvalue weighted by atomic mass is 79.9. The predicted molar refractivity (Wildman–Crippen MR) is 83.6 cm³/mol. The first-order valence-electron chi connectivity index (χ1n) is 5.15. The molecule has 0 unspecified atom stereocenters. The SMILES string of the molecule is CC(C)[Si](Br)(Br)[Si](Br)(C(C)C)C(C)C. The summed E-state index contributed by atoms with van der Waals surface area (Å²) in [4.78, 5) is -1.48. The summed E-state index contributed by atoms with van der Waals surface area (Å²) in [5, 5.41) is 0. The Balaban J connectivity index is 5.21. The van der Waals surface area contributed by atoms with Crippen LogP contribution in [-0.4, -0.2) is 11.0 Å². The van der Waals surface area contributed by atoms with Crippen LogP contribution in [0.15, 0.2) is 0 Å². The zero-order chi connectivity index (χ0) is 11.7. The van der Waals surface area contributed by atoms with E-state index in [1.807, 2.05) is 0 Å². The summed E-state index contributed by atoms with van der Waals surface area (Å²) in [5.41, 5.74) is 2.24. The van der Waals surface area contributed by atoms with Gasteiger partial charge in [0.1, 0.15) is 0 Å². The molecule has 0 aromatic rings. The molecule has 0 N–H and O–H groups in total. The molecule has 0 heterocycles. The van der Waals surface area contributed by atoms with Gasteiger partial charge in [-0.3, -0.25) is 0 Å². The number of hydrogen-bond acceptors (Lipinski definition) is 0. The molecule has 86 valence electrons. The molecule has 0 saturated heterocycles. The molecule has 5 heteroatoms. The second-order valence-electron chi connectivity index (χ2n) is 4.86. The first-order chi connectivity index (χ1) is 6.08. The van der Waals surface area contributed by atoms with E-state index in [9.17, 15) is 0 Å². The van der Waals surface area contributed by atoms with Gasteiger partial charge >= 0.3 is 0 Å². The zero-order valence-corrected chi connectivity index (χ0v) is 16.6. The van der Waals surface area contributed by atoms with Gasteiger partial charge in [0.2, 0.25) is 4.83 Å². The van der Waals surface area contributed by atoms with Crippen molar-refractivity contribution in [1.29, 1.82) is 0 Å². The lowest BCUT2D eigenvalue weighted by Gasteiger charge is -2.44. The van der Waals surface area contributed by atoms with Crippen LogP contribution in [0.5, 0.6) is 0 Å². The first-order valence-corrected chi connectivity index (χ1v) is 17.2. The Morgan fingerprint density at radius 2 is 0.929 bits per heavy atom. The quantitative estimate of drug-likeness (QED) is 0.391. The Morgan fingerprint density at radius 1 is 0.643 bits per heavy atom. The molecule has 0 fully saturated rings. The fraction of sp³-hybridized carbons (Fsp3) is 1.00. The molecule has 0 aliphatic carbocycles. The van der Waals surface area contributed by atoms with Gasteiger partial charge in [-0.1, -0.05) is 41.5 Å². The topological polar surface area (TPSA) is 0 Å². The third kappa shape index (κ3) is 2.76. The second-order valence-corrected chi connectivity index (χ2v) is 37.2. The molecule has 0 aromatic carbocycles. The normalized spacial score (nSPS) is 14.6. The maximum atomic E-state index is 4.14. The van der Waals surface area contributed by atoms with E-state index in [-0.39, 0.29) is 0 Å². The number of halogens is 3. The lowest BCUT2D eigenvalue weighted by atomic mass is 10.5. The van der Waals surface area contributed by atoms with Gasteiger partial charge in [-0.15, -0.1) is 45.9 Å². The summed E-state index contributed by atoms with van der Waals surface area (Å²) in [5.74, 6) is 0. The second kappa shape index (κ2) is 5.47. The Bertz CT molecular complexity index is 182. The smallest absolute Gasteiger partial charge is 0.127 e. The highest BCUT2D eigenvalue weighted by Crippen LogP contribution is 2.54. The fourth-order valence-electron chi connectivity index (χ4n) is 1.88. The fourth-order valence-corrected chi connectivity index (χ4v) is 33.5. The van der Waals surface area contributed by atoms with Crippen LogP contribution in [0.25, 0.3) is 0 Å². The monoisotopic (exact) mass is 422 g/mol. The molecule has 0 amide bonds. The molecule has 0 bridgehead atoms. The third-order valence-electron chi connectivity index (χ3n) is 2.92. The molecule has 14 heavy (non-hydrogen) atoms. The number of rotatable bonds is 4. The van der Waals surface area contributed by atoms with Crippen molar-refractivity contribution in [1.82, 2.24) is 0 Å². The molecule has 0 nitrogen and oxygen atoms in total. The van der Waals surface area contributed by atoms with Gasteiger partial charge in [0, 0.05) is 0 Å². The van der Waals surface area contributed by atoms with E-state index in [1.54, 1.807) is 0 Å². The van der Waals surface area contributed by atoms with Crippen molar-refractivity contribution in [3.05, 3.63) is 0 Å². The largest absolute Gasteiger partial charge is 0.206 e. The average molecular weight is 425 g/mol. The summed E-state index contributed by atoms with van der Waals surface area (Å²) in [6, 6.07) is 0. The van der Waals surface area contributed by atoms with Crippen LogP contribution < -0.4 is 0 Å². The summed E-state index contributed by atoms with van der Waals surface area (Å²) in [7, 11) is 0. The van der Waals surface area contributed by atoms with E-state index in [1.165, 1.54) is 0 Å². The van der Waals surface area contributed by atoms with Crippen LogP contribution in [0, 0.1) is 0 Å². The molecule has 0 aliphatic heterocycles. The van der Waals surface area contributed by atoms with E-state index < -0.39 is 11.0 Å². The molecule has 0 rings (SSSR count). The number of hydrogen-bond donors (Lipinski definition) is 0. The van der Waals surface area contributed by atoms with Crippen LogP contribution in [0.2, 0.25) is 16.6 Å². The van der Waals surface area contributed by atoms with Crippen molar-refractivity contribution in [3.63, 3.8) is 0 Å². The van der Waals surface area contributed by atoms with Crippen LogP contribution in [-0.2, 0) is 0 Å². The zero-order valence-electron chi connectivity index (χ0n) is 9.87. The Labute approximate surface area is 114 Å². The Kier molecular flexibility index (Phi) is 6.20. The van der Waals surface area contributed by atoms with Crippen molar-refractivity contribution in [3.8, 4) is 0 Å². The standard InChI is InChI=1S/C9H21Br3Si2/c1-7(2)13(10,8(3)4)14(11,12)9(5)6/h7-9H,1-6H3. The summed E-state index contributed by atoms with van der Waals surface area (Å²) in [6.45, 7) is 14.1. The van der Waals surface area contributed by atoms with E-state index in [0.717, 1.165) is 16.6 Å². The van der Waals surface area contributed by atoms with E-state index in [0.29, 0.717) is 0 Å². The van der Waals surface area contributed by atoms with Crippen molar-refractivity contribution in [2.75, 3.05) is 0 Å². The van der Waals surface area contributed by atoms with Crippen LogP contribution in [0.1, 0.15) is 41.5 Å². The van der Waals surface area contributed by atoms with Gasteiger partial charge in [0.25, 0.3) is 0 Å². The van der Waals surface area contributed by atoms with Crippen molar-refractivity contribution < 1.29 is 0 Å². The summed E-state index contributed by atoms with van der Waals surface area (Å²) in [6.07, 6.45) is -1.41. The van der Waals surface area contributed by atoms with Gasteiger partial charge in [-0.05, 0) is 16.6 Å². The first kappa shape index (κ1) is 15.9. The maximum Gasteiger partial charge on any atom is 0.206 e. The molecular weight excluding hydrogens is 404 g/mol. The molecule has 0 aliphatic rings. The van der Waals surface area contributed by atoms with E-state index in [4.69, 9.17) is 0 Å². The Hall–Kier alpha value is 1.87. The van der Waals surface area contributed by atoms with Gasteiger partial charge < -0.3 is 0 Å². The van der Waals surface area contributed by atoms with Crippen LogP contribution in [0.3, 0.4) is 0 Å². The van der Waals surface area contributed by atoms with Crippen molar-refractivity contribution in [2.45, 2.75) is 58.2 Å². The minimum absolute atomic E-state index is 0.721. The van der Waals surface area contributed by atoms with Gasteiger partial charge in [-0.2, -0.15) is 0 Å².